The van der Waals surface area contributed by atoms with E-state index in [1.807, 2.05) is 6.07 Å². The fourth-order valence-electron chi connectivity index (χ4n) is 1.67. The standard InChI is InChI=1S/C12H19NO2/c1-3-7-13(8-4-2)9-11-5-6-12(10-14)15-11/h5-6,10H,3-4,7-9H2,1-2H3. The second kappa shape index (κ2) is 6.40. The molecule has 0 atom stereocenters. The monoisotopic (exact) mass is 209 g/mol. The highest BCUT2D eigenvalue weighted by Gasteiger charge is 2.07. The fraction of sp³-hybridized carbons (Fsp3) is 0.583. The maximum absolute atomic E-state index is 10.4. The van der Waals surface area contributed by atoms with E-state index in [1.165, 1.54) is 0 Å². The van der Waals surface area contributed by atoms with Gasteiger partial charge in [-0.1, -0.05) is 13.8 Å². The average Bonchev–Trinajstić information content (AvgIpc) is 2.66. The molecule has 0 saturated carbocycles. The molecule has 1 heterocycles. The van der Waals surface area contributed by atoms with E-state index >= 15 is 0 Å². The molecule has 0 aliphatic heterocycles. The maximum atomic E-state index is 10.4. The van der Waals surface area contributed by atoms with Crippen molar-refractivity contribution in [3.63, 3.8) is 0 Å². The van der Waals surface area contributed by atoms with Crippen LogP contribution in [0.2, 0.25) is 0 Å². The van der Waals surface area contributed by atoms with Gasteiger partial charge >= 0.3 is 0 Å². The lowest BCUT2D eigenvalue weighted by molar-refractivity contribution is 0.109. The van der Waals surface area contributed by atoms with E-state index in [4.69, 9.17) is 4.42 Å². The number of hydrogen-bond acceptors (Lipinski definition) is 3. The van der Waals surface area contributed by atoms with Crippen LogP contribution in [0.15, 0.2) is 16.5 Å². The molecule has 1 aromatic rings. The Morgan fingerprint density at radius 3 is 2.40 bits per heavy atom. The van der Waals surface area contributed by atoms with Crippen molar-refractivity contribution in [2.45, 2.75) is 33.2 Å². The number of furan rings is 1. The topological polar surface area (TPSA) is 33.5 Å². The van der Waals surface area contributed by atoms with Crippen molar-refractivity contribution in [1.82, 2.24) is 4.90 Å². The van der Waals surface area contributed by atoms with Crippen LogP contribution in [0.25, 0.3) is 0 Å². The minimum Gasteiger partial charge on any atom is -0.457 e. The van der Waals surface area contributed by atoms with Crippen molar-refractivity contribution in [2.24, 2.45) is 0 Å². The van der Waals surface area contributed by atoms with Gasteiger partial charge in [0.25, 0.3) is 0 Å². The molecule has 84 valence electrons. The van der Waals surface area contributed by atoms with Gasteiger partial charge in [0.05, 0.1) is 6.54 Å². The van der Waals surface area contributed by atoms with E-state index in [9.17, 15) is 4.79 Å². The van der Waals surface area contributed by atoms with Gasteiger partial charge in [-0.2, -0.15) is 0 Å². The second-order valence-corrected chi connectivity index (χ2v) is 3.70. The van der Waals surface area contributed by atoms with Crippen molar-refractivity contribution in [3.8, 4) is 0 Å². The van der Waals surface area contributed by atoms with Crippen LogP contribution in [-0.2, 0) is 6.54 Å². The van der Waals surface area contributed by atoms with E-state index in [2.05, 4.69) is 18.7 Å². The molecule has 0 N–H and O–H groups in total. The van der Waals surface area contributed by atoms with Gasteiger partial charge in [0.1, 0.15) is 5.76 Å². The van der Waals surface area contributed by atoms with Crippen LogP contribution in [0.4, 0.5) is 0 Å². The zero-order valence-electron chi connectivity index (χ0n) is 9.53. The first-order chi connectivity index (χ1) is 7.30. The Morgan fingerprint density at radius 2 is 1.93 bits per heavy atom. The predicted octanol–water partition coefficient (Wildman–Crippen LogP) is 2.71. The van der Waals surface area contributed by atoms with Gasteiger partial charge < -0.3 is 4.42 Å². The first-order valence-electron chi connectivity index (χ1n) is 5.56. The van der Waals surface area contributed by atoms with Gasteiger partial charge in [0, 0.05) is 0 Å². The molecular weight excluding hydrogens is 190 g/mol. The lowest BCUT2D eigenvalue weighted by atomic mass is 10.3. The van der Waals surface area contributed by atoms with Crippen LogP contribution >= 0.6 is 0 Å². The molecule has 15 heavy (non-hydrogen) atoms. The van der Waals surface area contributed by atoms with Crippen LogP contribution in [0.1, 0.15) is 43.0 Å². The van der Waals surface area contributed by atoms with Crippen molar-refractivity contribution >= 4 is 6.29 Å². The van der Waals surface area contributed by atoms with Crippen LogP contribution < -0.4 is 0 Å². The molecule has 1 rings (SSSR count). The van der Waals surface area contributed by atoms with Crippen LogP contribution in [0.5, 0.6) is 0 Å². The molecule has 1 aromatic heterocycles. The molecule has 0 radical (unpaired) electrons. The van der Waals surface area contributed by atoms with E-state index in [1.54, 1.807) is 6.07 Å². The van der Waals surface area contributed by atoms with Crippen molar-refractivity contribution in [1.29, 1.82) is 0 Å². The first kappa shape index (κ1) is 12.0. The minimum atomic E-state index is 0.415. The van der Waals surface area contributed by atoms with Gasteiger partial charge in [-0.3, -0.25) is 9.69 Å². The summed E-state index contributed by atoms with van der Waals surface area (Å²) in [5.74, 6) is 1.29. The molecule has 0 fully saturated rings. The quantitative estimate of drug-likeness (QED) is 0.647. The summed E-state index contributed by atoms with van der Waals surface area (Å²) in [6.45, 7) is 7.29. The third-order valence-corrected chi connectivity index (χ3v) is 2.26. The SMILES string of the molecule is CCCN(CCC)Cc1ccc(C=O)o1. The molecule has 0 aromatic carbocycles. The van der Waals surface area contributed by atoms with Crippen molar-refractivity contribution in [3.05, 3.63) is 23.7 Å². The molecule has 0 saturated heterocycles. The Hall–Kier alpha value is -1.09. The molecule has 0 spiro atoms. The summed E-state index contributed by atoms with van der Waals surface area (Å²) in [7, 11) is 0. The molecule has 0 unspecified atom stereocenters. The summed E-state index contributed by atoms with van der Waals surface area (Å²) >= 11 is 0. The van der Waals surface area contributed by atoms with E-state index in [0.717, 1.165) is 44.5 Å². The first-order valence-corrected chi connectivity index (χ1v) is 5.56. The lowest BCUT2D eigenvalue weighted by Crippen LogP contribution is -2.24. The summed E-state index contributed by atoms with van der Waals surface area (Å²) in [6.07, 6.45) is 3.02. The van der Waals surface area contributed by atoms with E-state index in [0.29, 0.717) is 5.76 Å². The largest absolute Gasteiger partial charge is 0.457 e. The molecule has 3 nitrogen and oxygen atoms in total. The normalized spacial score (nSPS) is 10.9. The lowest BCUT2D eigenvalue weighted by Gasteiger charge is -2.19. The fourth-order valence-corrected chi connectivity index (χ4v) is 1.67. The van der Waals surface area contributed by atoms with Gasteiger partial charge in [-0.15, -0.1) is 0 Å². The maximum Gasteiger partial charge on any atom is 0.185 e. The smallest absolute Gasteiger partial charge is 0.185 e. The van der Waals surface area contributed by atoms with E-state index in [-0.39, 0.29) is 0 Å². The molecule has 3 heteroatoms. The number of carbonyl (C=O) groups is 1. The molecular formula is C12H19NO2. The Morgan fingerprint density at radius 1 is 1.27 bits per heavy atom. The van der Waals surface area contributed by atoms with Crippen LogP contribution in [0, 0.1) is 0 Å². The molecule has 0 amide bonds. The predicted molar refractivity (Wildman–Crippen MR) is 60.0 cm³/mol. The van der Waals surface area contributed by atoms with E-state index < -0.39 is 0 Å². The number of carbonyl (C=O) groups excluding carboxylic acids is 1. The van der Waals surface area contributed by atoms with Crippen LogP contribution in [0.3, 0.4) is 0 Å². The number of rotatable bonds is 7. The van der Waals surface area contributed by atoms with Crippen LogP contribution in [-0.4, -0.2) is 24.3 Å². The minimum absolute atomic E-state index is 0.415. The summed E-state index contributed by atoms with van der Waals surface area (Å²) in [5, 5.41) is 0. The highest BCUT2D eigenvalue weighted by Crippen LogP contribution is 2.09. The third-order valence-electron chi connectivity index (χ3n) is 2.26. The summed E-state index contributed by atoms with van der Waals surface area (Å²) < 4.78 is 5.35. The highest BCUT2D eigenvalue weighted by atomic mass is 16.3. The zero-order valence-corrected chi connectivity index (χ0v) is 9.53. The molecule has 0 aliphatic rings. The Balaban J connectivity index is 2.52. The van der Waals surface area contributed by atoms with Gasteiger partial charge in [0.2, 0.25) is 0 Å². The zero-order chi connectivity index (χ0) is 11.1. The summed E-state index contributed by atoms with van der Waals surface area (Å²) in [4.78, 5) is 12.8. The Bertz CT molecular complexity index is 288. The molecule has 0 aliphatic carbocycles. The average molecular weight is 209 g/mol. The summed E-state index contributed by atoms with van der Waals surface area (Å²) in [5.41, 5.74) is 0. The highest BCUT2D eigenvalue weighted by molar-refractivity contribution is 5.70. The third kappa shape index (κ3) is 3.88. The van der Waals surface area contributed by atoms with Crippen molar-refractivity contribution < 1.29 is 9.21 Å². The second-order valence-electron chi connectivity index (χ2n) is 3.70. The summed E-state index contributed by atoms with van der Waals surface area (Å²) in [6, 6.07) is 3.60. The van der Waals surface area contributed by atoms with Gasteiger partial charge in [0.15, 0.2) is 12.0 Å². The number of nitrogens with zero attached hydrogens (tertiary/aromatic N) is 1. The van der Waals surface area contributed by atoms with Crippen molar-refractivity contribution in [2.75, 3.05) is 13.1 Å². The molecule has 0 bridgehead atoms. The van der Waals surface area contributed by atoms with Gasteiger partial charge in [-0.25, -0.2) is 0 Å². The Kier molecular flexibility index (Phi) is 5.12. The number of hydrogen-bond donors (Lipinski definition) is 0. The Labute approximate surface area is 91.1 Å². The number of aldehydes is 1. The van der Waals surface area contributed by atoms with Gasteiger partial charge in [-0.05, 0) is 38.1 Å².